The van der Waals surface area contributed by atoms with Crippen LogP contribution in [0.1, 0.15) is 18.4 Å². The van der Waals surface area contributed by atoms with E-state index in [9.17, 15) is 36.3 Å². The molecule has 0 radical (unpaired) electrons. The first kappa shape index (κ1) is 26.7. The van der Waals surface area contributed by atoms with Gasteiger partial charge in [0, 0.05) is 0 Å². The fourth-order valence-electron chi connectivity index (χ4n) is 5.46. The first-order chi connectivity index (χ1) is 19.0. The van der Waals surface area contributed by atoms with Gasteiger partial charge in [-0.05, 0) is 0 Å². The molecule has 1 aromatic heterocycles. The fourth-order valence-corrected chi connectivity index (χ4v) is 9.23. The van der Waals surface area contributed by atoms with E-state index in [0.29, 0.717) is 6.07 Å². The van der Waals surface area contributed by atoms with Gasteiger partial charge < -0.3 is 0 Å². The zero-order valence-corrected chi connectivity index (χ0v) is 22.6. The van der Waals surface area contributed by atoms with Crippen LogP contribution in [0.2, 0.25) is 0 Å². The third-order valence-electron chi connectivity index (χ3n) is 7.08. The summed E-state index contributed by atoms with van der Waals surface area (Å²) in [6, 6.07) is 2.48. The Morgan fingerprint density at radius 1 is 1.18 bits per heavy atom. The summed E-state index contributed by atoms with van der Waals surface area (Å²) in [5.74, 6) is -2.91. The van der Waals surface area contributed by atoms with Crippen LogP contribution in [-0.4, -0.2) is 49.4 Å². The minimum absolute atomic E-state index is 0.00271. The number of halogens is 6. The van der Waals surface area contributed by atoms with Crippen LogP contribution in [0.4, 0.5) is 27.8 Å². The van der Waals surface area contributed by atoms with Crippen LogP contribution >= 0.6 is 0 Å². The molecule has 2 atom stereocenters. The number of fused-ring (bicyclic) bond motifs is 2. The molecule has 14 heteroatoms. The third kappa shape index (κ3) is 4.23. The minimum atomic E-state index is -4.98. The summed E-state index contributed by atoms with van der Waals surface area (Å²) >= 11 is -1.24. The van der Waals surface area contributed by atoms with Crippen molar-refractivity contribution >= 4 is 28.4 Å². The molecule has 40 heavy (non-hydrogen) atoms. The molecule has 2 bridgehead atoms. The Morgan fingerprint density at radius 2 is 1.95 bits per heavy atom. The maximum atomic E-state index is 14.9. The van der Waals surface area contributed by atoms with E-state index >= 15 is 0 Å². The molecule has 210 valence electrons. The Bertz CT molecular complexity index is 1660. The zero-order chi connectivity index (χ0) is 28.5. The van der Waals surface area contributed by atoms with E-state index in [0.717, 1.165) is 24.3 Å². The summed E-state index contributed by atoms with van der Waals surface area (Å²) in [5.41, 5.74) is -3.11. The van der Waals surface area contributed by atoms with Crippen LogP contribution in [-0.2, 0) is 22.3 Å². The molecule has 8 nitrogen and oxygen atoms in total. The molecule has 3 aliphatic rings. The van der Waals surface area contributed by atoms with E-state index < -0.39 is 71.8 Å². The number of hydrogen-bond acceptors (Lipinski definition) is 6. The Labute approximate surface area is 233 Å². The number of carbonyl (C=O) groups excluding carboxylic acids is 2. The fraction of sp³-hybridized carbons (Fsp3) is 0.308. The Kier molecular flexibility index (Phi) is 6.34. The van der Waals surface area contributed by atoms with Crippen molar-refractivity contribution < 1.29 is 57.8 Å². The molecule has 2 aromatic carbocycles. The van der Waals surface area contributed by atoms with Crippen molar-refractivity contribution in [3.05, 3.63) is 64.6 Å². The average molecular weight is 673 g/mol. The summed E-state index contributed by atoms with van der Waals surface area (Å²) in [7, 11) is 0. The van der Waals surface area contributed by atoms with Crippen LogP contribution in [0.3, 0.4) is 0 Å². The molecule has 0 aliphatic carbocycles. The number of rotatable bonds is 3. The van der Waals surface area contributed by atoms with Gasteiger partial charge in [0.05, 0.1) is 0 Å². The molecular weight excluding hydrogens is 654 g/mol. The van der Waals surface area contributed by atoms with Gasteiger partial charge in [-0.25, -0.2) is 0 Å². The van der Waals surface area contributed by atoms with Crippen molar-refractivity contribution in [2.75, 3.05) is 16.3 Å². The van der Waals surface area contributed by atoms with Gasteiger partial charge in [0.1, 0.15) is 0 Å². The molecule has 2 unspecified atom stereocenters. The predicted molar refractivity (Wildman–Crippen MR) is 128 cm³/mol. The number of aromatic nitrogens is 2. The Balaban J connectivity index is 1.60. The van der Waals surface area contributed by atoms with Crippen molar-refractivity contribution in [1.82, 2.24) is 14.5 Å². The van der Waals surface area contributed by atoms with E-state index in [1.165, 1.54) is 4.57 Å². The number of alkyl halides is 4. The quantitative estimate of drug-likeness (QED) is 0.102. The molecule has 6 rings (SSSR count). The van der Waals surface area contributed by atoms with E-state index in [2.05, 4.69) is 11.6 Å². The van der Waals surface area contributed by atoms with E-state index in [4.69, 9.17) is 4.74 Å². The molecule has 2 saturated heterocycles. The van der Waals surface area contributed by atoms with Crippen molar-refractivity contribution in [1.29, 1.82) is 0 Å². The van der Waals surface area contributed by atoms with E-state index in [-0.39, 0.29) is 66.7 Å². The second-order valence-corrected chi connectivity index (χ2v) is 12.7. The van der Waals surface area contributed by atoms with Crippen LogP contribution in [0.15, 0.2) is 41.7 Å². The number of amides is 1. The summed E-state index contributed by atoms with van der Waals surface area (Å²) < 4.78 is 80.2. The third-order valence-corrected chi connectivity index (χ3v) is 10.3. The standard InChI is InChI=1S/C26H19F5IN4O4/c1-2-20(38)36-13-8-14(37)9-19(36)32-35(11-13)24-16-10-17(26(29,30)31)21(15-4-3-12(27)7-18(15)28)23-22(16)34(5-6-40-23)25(39)33-24/h2-4,7,10,13,19H,1,5-6,8-9,11H2/q-1. The molecule has 3 aliphatic heterocycles. The van der Waals surface area contributed by atoms with Gasteiger partial charge in [0.25, 0.3) is 0 Å². The van der Waals surface area contributed by atoms with Gasteiger partial charge in [-0.1, -0.05) is 0 Å². The number of benzene rings is 2. The topological polar surface area (TPSA) is 84.7 Å². The first-order valence-corrected chi connectivity index (χ1v) is 14.3. The number of piperidine rings is 1. The summed E-state index contributed by atoms with van der Waals surface area (Å²) in [6.07, 6.45) is -3.68. The average Bonchev–Trinajstić information content (AvgIpc) is 2.88. The number of anilines is 1. The molecule has 4 heterocycles. The van der Waals surface area contributed by atoms with Gasteiger partial charge in [-0.3, -0.25) is 0 Å². The number of ether oxygens (including phenoxy) is 1. The van der Waals surface area contributed by atoms with Crippen LogP contribution in [0.25, 0.3) is 22.0 Å². The number of nitrogens with zero attached hydrogens (tertiary/aromatic N) is 4. The molecule has 3 aromatic rings. The molecule has 0 spiro atoms. The normalized spacial score (nSPS) is 20.7. The van der Waals surface area contributed by atoms with Crippen LogP contribution in [0.5, 0.6) is 5.75 Å². The van der Waals surface area contributed by atoms with Crippen LogP contribution < -0.4 is 35.0 Å². The molecule has 2 fully saturated rings. The Hall–Kier alpha value is -3.56. The summed E-state index contributed by atoms with van der Waals surface area (Å²) in [6.45, 7) is 3.45. The van der Waals surface area contributed by atoms with Crippen molar-refractivity contribution in [2.24, 2.45) is 0 Å². The molecule has 1 amide bonds. The predicted octanol–water partition coefficient (Wildman–Crippen LogP) is 0.649. The van der Waals surface area contributed by atoms with Crippen molar-refractivity contribution in [2.45, 2.75) is 35.7 Å². The molecule has 0 N–H and O–H groups in total. The van der Waals surface area contributed by atoms with Crippen molar-refractivity contribution in [3.63, 3.8) is 0 Å². The van der Waals surface area contributed by atoms with E-state index in [1.807, 2.05) is 0 Å². The van der Waals surface area contributed by atoms with Gasteiger partial charge in [0.15, 0.2) is 0 Å². The SMILES string of the molecule is C=CC(=O)N1C2CC(=O)CC1[I-]N(c1nc(=O)n3c4c(c(-c5ccc(F)cc5F)c(C(F)(F)F)cc14)OCC3)C2. The van der Waals surface area contributed by atoms with E-state index in [1.54, 1.807) is 8.01 Å². The Morgan fingerprint density at radius 3 is 2.62 bits per heavy atom. The van der Waals surface area contributed by atoms with Crippen LogP contribution in [0, 0.1) is 11.6 Å². The monoisotopic (exact) mass is 673 g/mol. The second kappa shape index (κ2) is 9.52. The van der Waals surface area contributed by atoms with Gasteiger partial charge >= 0.3 is 234 Å². The number of carbonyl (C=O) groups is 2. The summed E-state index contributed by atoms with van der Waals surface area (Å²) in [4.78, 5) is 43.8. The van der Waals surface area contributed by atoms with Gasteiger partial charge in [0.2, 0.25) is 0 Å². The number of ketones is 1. The van der Waals surface area contributed by atoms with Crippen molar-refractivity contribution in [3.8, 4) is 16.9 Å². The zero-order valence-electron chi connectivity index (χ0n) is 20.5. The molecular formula is C26H19F5IN4O4-. The summed E-state index contributed by atoms with van der Waals surface area (Å²) in [5, 5.41) is -0.0273. The maximum absolute atomic E-state index is 14.9. The van der Waals surface area contributed by atoms with Gasteiger partial charge in [-0.2, -0.15) is 0 Å². The van der Waals surface area contributed by atoms with Gasteiger partial charge in [-0.15, -0.1) is 0 Å². The number of Topliss-reactive ketones (excluding diaryl/α,β-unsaturated/α-hetero) is 1. The number of hydrogen-bond donors (Lipinski definition) is 0. The molecule has 0 saturated carbocycles. The first-order valence-electron chi connectivity index (χ1n) is 12.1. The second-order valence-electron chi connectivity index (χ2n) is 9.49.